The second kappa shape index (κ2) is 9.67. The molecule has 0 saturated heterocycles. The Morgan fingerprint density at radius 2 is 1.62 bits per heavy atom. The number of fused-ring (bicyclic) bond motifs is 1. The summed E-state index contributed by atoms with van der Waals surface area (Å²) in [5.41, 5.74) is 1.24. The van der Waals surface area contributed by atoms with Crippen molar-refractivity contribution < 1.29 is 14.3 Å². The second-order valence-electron chi connectivity index (χ2n) is 7.37. The summed E-state index contributed by atoms with van der Waals surface area (Å²) in [4.78, 5) is 26.1. The van der Waals surface area contributed by atoms with Crippen LogP contribution in [0, 0.1) is 0 Å². The molecular weight excluding hydrogens is 422 g/mol. The average molecular weight is 444 g/mol. The van der Waals surface area contributed by atoms with Crippen molar-refractivity contribution >= 4 is 39.8 Å². The topological polar surface area (TPSA) is 55.4 Å². The number of hydrogen-bond acceptors (Lipinski definition) is 3. The first-order chi connectivity index (χ1) is 15.6. The number of nitrogens with one attached hydrogen (secondary N) is 1. The Bertz CT molecular complexity index is 1270. The van der Waals surface area contributed by atoms with Gasteiger partial charge in [0.25, 0.3) is 5.91 Å². The number of carbonyl (C=O) groups is 2. The molecule has 0 fully saturated rings. The van der Waals surface area contributed by atoms with Crippen LogP contribution >= 0.6 is 11.6 Å². The second-order valence-corrected chi connectivity index (χ2v) is 7.80. The molecule has 160 valence electrons. The van der Waals surface area contributed by atoms with Crippen LogP contribution in [-0.4, -0.2) is 17.8 Å². The molecule has 0 aliphatic rings. The monoisotopic (exact) mass is 443 g/mol. The average Bonchev–Trinajstić information content (AvgIpc) is 2.83. The summed E-state index contributed by atoms with van der Waals surface area (Å²) in [5, 5.41) is 5.26. The molecule has 0 bridgehead atoms. The molecule has 4 rings (SSSR count). The predicted molar refractivity (Wildman–Crippen MR) is 129 cm³/mol. The first kappa shape index (κ1) is 21.6. The van der Waals surface area contributed by atoms with E-state index < -0.39 is 6.10 Å². The molecule has 0 unspecified atom stereocenters. The van der Waals surface area contributed by atoms with Gasteiger partial charge in [-0.15, -0.1) is 0 Å². The lowest BCUT2D eigenvalue weighted by Gasteiger charge is -2.19. The quantitative estimate of drug-likeness (QED) is 0.331. The summed E-state index contributed by atoms with van der Waals surface area (Å²) in [7, 11) is 0. The lowest BCUT2D eigenvalue weighted by atomic mass is 10.0. The molecule has 4 nitrogen and oxygen atoms in total. The van der Waals surface area contributed by atoms with Crippen LogP contribution < -0.4 is 10.1 Å². The van der Waals surface area contributed by atoms with Gasteiger partial charge in [-0.25, -0.2) is 0 Å². The van der Waals surface area contributed by atoms with Gasteiger partial charge in [-0.1, -0.05) is 85.3 Å². The number of carbonyl (C=O) groups excluding carboxylic acids is 2. The molecule has 0 aliphatic heterocycles. The summed E-state index contributed by atoms with van der Waals surface area (Å²) < 4.78 is 6.10. The molecule has 0 saturated carbocycles. The smallest absolute Gasteiger partial charge is 0.265 e. The number of halogens is 1. The van der Waals surface area contributed by atoms with Crippen molar-refractivity contribution in [2.75, 3.05) is 5.32 Å². The standard InChI is InChI=1S/C27H22ClNO3/c1-2-24(32-25-14-8-12-18-9-6-7-13-21(18)25)27(31)29-23-16-15-20(28)17-22(23)26(30)19-10-4-3-5-11-19/h3-17,24H,2H2,1H3,(H,29,31)/t24-/m1/s1. The lowest BCUT2D eigenvalue weighted by Crippen LogP contribution is -2.33. The Labute approximate surface area is 191 Å². The van der Waals surface area contributed by atoms with E-state index in [1.165, 1.54) is 0 Å². The van der Waals surface area contributed by atoms with E-state index in [1.807, 2.05) is 55.5 Å². The summed E-state index contributed by atoms with van der Waals surface area (Å²) in [6.45, 7) is 1.88. The Balaban J connectivity index is 1.59. The number of ether oxygens (including phenoxy) is 1. The van der Waals surface area contributed by atoms with Crippen LogP contribution in [-0.2, 0) is 4.79 Å². The molecule has 1 amide bonds. The van der Waals surface area contributed by atoms with E-state index >= 15 is 0 Å². The molecule has 5 heteroatoms. The number of benzene rings is 4. The fraction of sp³-hybridized carbons (Fsp3) is 0.111. The van der Waals surface area contributed by atoms with Crippen LogP contribution in [0.25, 0.3) is 10.8 Å². The Morgan fingerprint density at radius 1 is 0.906 bits per heavy atom. The van der Waals surface area contributed by atoms with Crippen LogP contribution in [0.3, 0.4) is 0 Å². The zero-order valence-electron chi connectivity index (χ0n) is 17.5. The zero-order chi connectivity index (χ0) is 22.5. The van der Waals surface area contributed by atoms with Crippen molar-refractivity contribution in [2.45, 2.75) is 19.4 Å². The molecule has 1 N–H and O–H groups in total. The minimum absolute atomic E-state index is 0.216. The van der Waals surface area contributed by atoms with Crippen LogP contribution in [0.5, 0.6) is 5.75 Å². The highest BCUT2D eigenvalue weighted by molar-refractivity contribution is 6.31. The first-order valence-corrected chi connectivity index (χ1v) is 10.8. The van der Waals surface area contributed by atoms with Gasteiger partial charge in [0.2, 0.25) is 0 Å². The van der Waals surface area contributed by atoms with Crippen LogP contribution in [0.4, 0.5) is 5.69 Å². The Kier molecular flexibility index (Phi) is 6.52. The third-order valence-electron chi connectivity index (χ3n) is 5.20. The van der Waals surface area contributed by atoms with Gasteiger partial charge < -0.3 is 10.1 Å². The molecule has 0 heterocycles. The van der Waals surface area contributed by atoms with Gasteiger partial charge in [-0.3, -0.25) is 9.59 Å². The van der Waals surface area contributed by atoms with E-state index in [0.29, 0.717) is 34.0 Å². The highest BCUT2D eigenvalue weighted by atomic mass is 35.5. The number of amides is 1. The minimum atomic E-state index is -0.726. The largest absolute Gasteiger partial charge is 0.480 e. The maximum absolute atomic E-state index is 13.1. The summed E-state index contributed by atoms with van der Waals surface area (Å²) in [5.74, 6) is 0.0954. The molecule has 4 aromatic rings. The normalized spacial score (nSPS) is 11.7. The van der Waals surface area contributed by atoms with E-state index in [-0.39, 0.29) is 11.7 Å². The van der Waals surface area contributed by atoms with Crippen molar-refractivity contribution in [3.8, 4) is 5.75 Å². The van der Waals surface area contributed by atoms with Crippen LogP contribution in [0.15, 0.2) is 91.0 Å². The molecular formula is C27H22ClNO3. The van der Waals surface area contributed by atoms with Crippen molar-refractivity contribution in [3.63, 3.8) is 0 Å². The lowest BCUT2D eigenvalue weighted by molar-refractivity contribution is -0.122. The van der Waals surface area contributed by atoms with Gasteiger partial charge in [-0.2, -0.15) is 0 Å². The highest BCUT2D eigenvalue weighted by Gasteiger charge is 2.22. The molecule has 0 radical (unpaired) electrons. The first-order valence-electron chi connectivity index (χ1n) is 10.4. The van der Waals surface area contributed by atoms with Gasteiger partial charge in [0.05, 0.1) is 5.69 Å². The van der Waals surface area contributed by atoms with Gasteiger partial charge in [0.1, 0.15) is 5.75 Å². The third kappa shape index (κ3) is 4.66. The van der Waals surface area contributed by atoms with Gasteiger partial charge in [0.15, 0.2) is 11.9 Å². The SMILES string of the molecule is CC[C@@H](Oc1cccc2ccccc12)C(=O)Nc1ccc(Cl)cc1C(=O)c1ccccc1. The maximum atomic E-state index is 13.1. The minimum Gasteiger partial charge on any atom is -0.480 e. The molecule has 32 heavy (non-hydrogen) atoms. The van der Waals surface area contributed by atoms with Crippen molar-refractivity contribution in [3.05, 3.63) is 107 Å². The van der Waals surface area contributed by atoms with Gasteiger partial charge >= 0.3 is 0 Å². The third-order valence-corrected chi connectivity index (χ3v) is 5.44. The summed E-state index contributed by atoms with van der Waals surface area (Å²) in [6, 6.07) is 27.3. The van der Waals surface area contributed by atoms with E-state index in [1.54, 1.807) is 42.5 Å². The zero-order valence-corrected chi connectivity index (χ0v) is 18.3. The number of hydrogen-bond donors (Lipinski definition) is 1. The summed E-state index contributed by atoms with van der Waals surface area (Å²) in [6.07, 6.45) is -0.263. The molecule has 0 aromatic heterocycles. The van der Waals surface area contributed by atoms with E-state index in [2.05, 4.69) is 5.32 Å². The van der Waals surface area contributed by atoms with Crippen LogP contribution in [0.2, 0.25) is 5.02 Å². The number of ketones is 1. The van der Waals surface area contributed by atoms with Crippen molar-refractivity contribution in [1.29, 1.82) is 0 Å². The Hall–Kier alpha value is -3.63. The molecule has 0 spiro atoms. The fourth-order valence-corrected chi connectivity index (χ4v) is 3.72. The van der Waals surface area contributed by atoms with Gasteiger partial charge in [0, 0.05) is 21.5 Å². The molecule has 1 atom stereocenters. The Morgan fingerprint density at radius 3 is 2.41 bits per heavy atom. The van der Waals surface area contributed by atoms with E-state index in [0.717, 1.165) is 10.8 Å². The summed E-state index contributed by atoms with van der Waals surface area (Å²) >= 11 is 6.15. The maximum Gasteiger partial charge on any atom is 0.265 e. The highest BCUT2D eigenvalue weighted by Crippen LogP contribution is 2.28. The van der Waals surface area contributed by atoms with E-state index in [9.17, 15) is 9.59 Å². The van der Waals surface area contributed by atoms with Crippen molar-refractivity contribution in [1.82, 2.24) is 0 Å². The van der Waals surface area contributed by atoms with Crippen molar-refractivity contribution in [2.24, 2.45) is 0 Å². The van der Waals surface area contributed by atoms with Crippen LogP contribution in [0.1, 0.15) is 29.3 Å². The number of rotatable bonds is 7. The predicted octanol–water partition coefficient (Wildman–Crippen LogP) is 6.52. The van der Waals surface area contributed by atoms with Gasteiger partial charge in [-0.05, 0) is 36.1 Å². The molecule has 4 aromatic carbocycles. The fourth-order valence-electron chi connectivity index (χ4n) is 3.55. The number of anilines is 1. The molecule has 0 aliphatic carbocycles. The van der Waals surface area contributed by atoms with E-state index in [4.69, 9.17) is 16.3 Å².